The normalized spacial score (nSPS) is 10.5. The van der Waals surface area contributed by atoms with Crippen LogP contribution in [0.1, 0.15) is 28.2 Å². The molecule has 0 atom stereocenters. The molecule has 0 spiro atoms. The fourth-order valence-electron chi connectivity index (χ4n) is 2.43. The molecule has 0 aliphatic heterocycles. The van der Waals surface area contributed by atoms with Crippen LogP contribution in [0, 0.1) is 6.92 Å². The van der Waals surface area contributed by atoms with E-state index in [1.165, 1.54) is 0 Å². The maximum absolute atomic E-state index is 12.1. The monoisotopic (exact) mass is 321 g/mol. The van der Waals surface area contributed by atoms with Crippen LogP contribution in [-0.4, -0.2) is 22.6 Å². The van der Waals surface area contributed by atoms with Gasteiger partial charge in [0.05, 0.1) is 0 Å². The third kappa shape index (κ3) is 3.87. The molecular weight excluding hydrogens is 302 g/mol. The maximum Gasteiger partial charge on any atom is 0.251 e. The highest BCUT2D eigenvalue weighted by Crippen LogP contribution is 2.15. The standard InChI is InChI=1S/C19H19N3O2/c1-14-8-5-6-11-16(14)19(23)20-13-7-12-17-21-18(22-24-17)15-9-3-2-4-10-15/h2-6,8-11H,7,12-13H2,1H3,(H,20,23). The molecule has 0 radical (unpaired) electrons. The molecule has 0 unspecified atom stereocenters. The van der Waals surface area contributed by atoms with Crippen molar-refractivity contribution in [3.05, 3.63) is 71.6 Å². The van der Waals surface area contributed by atoms with E-state index in [0.29, 0.717) is 30.2 Å². The highest BCUT2D eigenvalue weighted by atomic mass is 16.5. The third-order valence-electron chi connectivity index (χ3n) is 3.74. The second-order valence-corrected chi connectivity index (χ2v) is 5.55. The number of carbonyl (C=O) groups is 1. The number of nitrogens with one attached hydrogen (secondary N) is 1. The van der Waals surface area contributed by atoms with Gasteiger partial charge in [-0.15, -0.1) is 0 Å². The number of carbonyl (C=O) groups excluding carboxylic acids is 1. The predicted molar refractivity (Wildman–Crippen MR) is 91.6 cm³/mol. The second-order valence-electron chi connectivity index (χ2n) is 5.55. The molecule has 1 amide bonds. The molecule has 3 rings (SSSR count). The Hall–Kier alpha value is -2.95. The van der Waals surface area contributed by atoms with Crippen molar-refractivity contribution in [1.82, 2.24) is 15.5 Å². The van der Waals surface area contributed by atoms with Crippen molar-refractivity contribution in [2.45, 2.75) is 19.8 Å². The summed E-state index contributed by atoms with van der Waals surface area (Å²) in [7, 11) is 0. The Bertz CT molecular complexity index is 812. The first-order valence-corrected chi connectivity index (χ1v) is 7.96. The van der Waals surface area contributed by atoms with Crippen molar-refractivity contribution in [3.8, 4) is 11.4 Å². The van der Waals surface area contributed by atoms with Gasteiger partial charge in [0.15, 0.2) is 0 Å². The van der Waals surface area contributed by atoms with Gasteiger partial charge in [0.25, 0.3) is 5.91 Å². The molecule has 122 valence electrons. The lowest BCUT2D eigenvalue weighted by atomic mass is 10.1. The van der Waals surface area contributed by atoms with E-state index in [1.54, 1.807) is 0 Å². The fourth-order valence-corrected chi connectivity index (χ4v) is 2.43. The Morgan fingerprint density at radius 3 is 2.62 bits per heavy atom. The van der Waals surface area contributed by atoms with Crippen LogP contribution in [-0.2, 0) is 6.42 Å². The molecule has 0 aliphatic carbocycles. The molecule has 0 aliphatic rings. The van der Waals surface area contributed by atoms with E-state index in [4.69, 9.17) is 4.52 Å². The molecule has 24 heavy (non-hydrogen) atoms. The molecular formula is C19H19N3O2. The summed E-state index contributed by atoms with van der Waals surface area (Å²) in [5.74, 6) is 1.12. The Kier molecular flexibility index (Phi) is 5.01. The zero-order valence-corrected chi connectivity index (χ0v) is 13.5. The van der Waals surface area contributed by atoms with Crippen LogP contribution in [0.4, 0.5) is 0 Å². The molecule has 5 heteroatoms. The van der Waals surface area contributed by atoms with E-state index >= 15 is 0 Å². The van der Waals surface area contributed by atoms with Crippen molar-refractivity contribution in [2.75, 3.05) is 6.54 Å². The minimum absolute atomic E-state index is 0.0522. The number of hydrogen-bond donors (Lipinski definition) is 1. The summed E-state index contributed by atoms with van der Waals surface area (Å²) in [6, 6.07) is 17.2. The van der Waals surface area contributed by atoms with Gasteiger partial charge in [-0.1, -0.05) is 53.7 Å². The first kappa shape index (κ1) is 15.9. The van der Waals surface area contributed by atoms with Crippen LogP contribution in [0.15, 0.2) is 59.1 Å². The lowest BCUT2D eigenvalue weighted by Crippen LogP contribution is -2.25. The highest BCUT2D eigenvalue weighted by molar-refractivity contribution is 5.95. The summed E-state index contributed by atoms with van der Waals surface area (Å²) < 4.78 is 5.26. The third-order valence-corrected chi connectivity index (χ3v) is 3.74. The van der Waals surface area contributed by atoms with Crippen LogP contribution < -0.4 is 5.32 Å². The molecule has 1 heterocycles. The molecule has 0 fully saturated rings. The van der Waals surface area contributed by atoms with Gasteiger partial charge in [0.2, 0.25) is 11.7 Å². The van der Waals surface area contributed by atoms with Crippen molar-refractivity contribution in [3.63, 3.8) is 0 Å². The largest absolute Gasteiger partial charge is 0.352 e. The van der Waals surface area contributed by atoms with Crippen molar-refractivity contribution in [1.29, 1.82) is 0 Å². The zero-order valence-electron chi connectivity index (χ0n) is 13.5. The maximum atomic E-state index is 12.1. The molecule has 0 bridgehead atoms. The summed E-state index contributed by atoms with van der Waals surface area (Å²) in [6.07, 6.45) is 1.38. The van der Waals surface area contributed by atoms with E-state index in [1.807, 2.05) is 61.5 Å². The average Bonchev–Trinajstić information content (AvgIpc) is 3.09. The fraction of sp³-hybridized carbons (Fsp3) is 0.211. The Balaban J connectivity index is 1.48. The Morgan fingerprint density at radius 2 is 1.83 bits per heavy atom. The van der Waals surface area contributed by atoms with Crippen LogP contribution in [0.25, 0.3) is 11.4 Å². The number of rotatable bonds is 6. The summed E-state index contributed by atoms with van der Waals surface area (Å²) in [5.41, 5.74) is 2.61. The predicted octanol–water partition coefficient (Wildman–Crippen LogP) is 3.41. The molecule has 1 N–H and O–H groups in total. The van der Waals surface area contributed by atoms with Gasteiger partial charge in [-0.25, -0.2) is 0 Å². The molecule has 3 aromatic rings. The molecule has 0 saturated heterocycles. The number of hydrogen-bond acceptors (Lipinski definition) is 4. The van der Waals surface area contributed by atoms with Crippen LogP contribution in [0.3, 0.4) is 0 Å². The number of amides is 1. The van der Waals surface area contributed by atoms with Crippen LogP contribution >= 0.6 is 0 Å². The van der Waals surface area contributed by atoms with Gasteiger partial charge >= 0.3 is 0 Å². The van der Waals surface area contributed by atoms with Gasteiger partial charge in [-0.3, -0.25) is 4.79 Å². The lowest BCUT2D eigenvalue weighted by molar-refractivity contribution is 0.0952. The summed E-state index contributed by atoms with van der Waals surface area (Å²) >= 11 is 0. The molecule has 5 nitrogen and oxygen atoms in total. The SMILES string of the molecule is Cc1ccccc1C(=O)NCCCc1nc(-c2ccccc2)no1. The summed E-state index contributed by atoms with van der Waals surface area (Å²) in [6.45, 7) is 2.49. The van der Waals surface area contributed by atoms with Gasteiger partial charge in [0.1, 0.15) is 0 Å². The van der Waals surface area contributed by atoms with Gasteiger partial charge < -0.3 is 9.84 Å². The first-order valence-electron chi connectivity index (χ1n) is 7.96. The number of aryl methyl sites for hydroxylation is 2. The van der Waals surface area contributed by atoms with E-state index in [9.17, 15) is 4.79 Å². The molecule has 0 saturated carbocycles. The molecule has 1 aromatic heterocycles. The van der Waals surface area contributed by atoms with Gasteiger partial charge in [-0.2, -0.15) is 4.98 Å². The van der Waals surface area contributed by atoms with Crippen LogP contribution in [0.5, 0.6) is 0 Å². The van der Waals surface area contributed by atoms with Crippen molar-refractivity contribution < 1.29 is 9.32 Å². The van der Waals surface area contributed by atoms with Crippen LogP contribution in [0.2, 0.25) is 0 Å². The van der Waals surface area contributed by atoms with Crippen molar-refractivity contribution >= 4 is 5.91 Å². The Labute approximate surface area is 140 Å². The number of benzene rings is 2. The summed E-state index contributed by atoms with van der Waals surface area (Å²) in [4.78, 5) is 16.5. The van der Waals surface area contributed by atoms with E-state index in [0.717, 1.165) is 17.5 Å². The quantitative estimate of drug-likeness (QED) is 0.707. The molecule has 2 aromatic carbocycles. The summed E-state index contributed by atoms with van der Waals surface area (Å²) in [5, 5.41) is 6.91. The van der Waals surface area contributed by atoms with Crippen molar-refractivity contribution in [2.24, 2.45) is 0 Å². The highest BCUT2D eigenvalue weighted by Gasteiger charge is 2.09. The lowest BCUT2D eigenvalue weighted by Gasteiger charge is -2.06. The average molecular weight is 321 g/mol. The van der Waals surface area contributed by atoms with E-state index in [2.05, 4.69) is 15.5 Å². The second kappa shape index (κ2) is 7.55. The zero-order chi connectivity index (χ0) is 16.8. The van der Waals surface area contributed by atoms with E-state index < -0.39 is 0 Å². The first-order chi connectivity index (χ1) is 11.7. The topological polar surface area (TPSA) is 68.0 Å². The Morgan fingerprint density at radius 1 is 1.08 bits per heavy atom. The minimum Gasteiger partial charge on any atom is -0.352 e. The van der Waals surface area contributed by atoms with Gasteiger partial charge in [-0.05, 0) is 25.0 Å². The minimum atomic E-state index is -0.0522. The van der Waals surface area contributed by atoms with Gasteiger partial charge in [0, 0.05) is 24.1 Å². The number of aromatic nitrogens is 2. The number of nitrogens with zero attached hydrogens (tertiary/aromatic N) is 2. The smallest absolute Gasteiger partial charge is 0.251 e. The van der Waals surface area contributed by atoms with E-state index in [-0.39, 0.29) is 5.91 Å².